The fourth-order valence-corrected chi connectivity index (χ4v) is 6.30. The Balaban J connectivity index is 1.74. The summed E-state index contributed by atoms with van der Waals surface area (Å²) in [5.41, 5.74) is -1.01. The monoisotopic (exact) mass is 535 g/mol. The smallest absolute Gasteiger partial charge is 0.339 e. The number of nitrogens with zero attached hydrogens (tertiary/aromatic N) is 3. The van der Waals surface area contributed by atoms with Gasteiger partial charge >= 0.3 is 11.9 Å². The summed E-state index contributed by atoms with van der Waals surface area (Å²) in [5, 5.41) is 1.34. The molecule has 40 heavy (non-hydrogen) atoms. The third-order valence-corrected chi connectivity index (χ3v) is 7.82. The lowest BCUT2D eigenvalue weighted by molar-refractivity contribution is -0.151. The first kappa shape index (κ1) is 25.2. The maximum absolute atomic E-state index is 14.5. The van der Waals surface area contributed by atoms with Crippen LogP contribution in [0.1, 0.15) is 5.69 Å². The van der Waals surface area contributed by atoms with Crippen molar-refractivity contribution in [2.75, 3.05) is 24.0 Å². The molecule has 4 aromatic rings. The van der Waals surface area contributed by atoms with Crippen molar-refractivity contribution in [3.05, 3.63) is 103 Å². The zero-order valence-corrected chi connectivity index (χ0v) is 21.8. The number of hydrogen-bond acceptors (Lipinski definition) is 8. The van der Waals surface area contributed by atoms with Crippen molar-refractivity contribution < 1.29 is 28.7 Å². The number of rotatable bonds is 5. The minimum Gasteiger partial charge on any atom is -0.467 e. The number of carbonyl (C=O) groups is 4. The van der Waals surface area contributed by atoms with Crippen molar-refractivity contribution >= 4 is 45.9 Å². The molecule has 2 aliphatic heterocycles. The molecule has 4 atom stereocenters. The molecular weight excluding hydrogens is 510 g/mol. The van der Waals surface area contributed by atoms with Gasteiger partial charge in [0, 0.05) is 17.3 Å². The van der Waals surface area contributed by atoms with E-state index in [9.17, 15) is 19.2 Å². The van der Waals surface area contributed by atoms with Crippen LogP contribution in [-0.4, -0.2) is 49.0 Å². The van der Waals surface area contributed by atoms with E-state index in [1.165, 1.54) is 19.1 Å². The van der Waals surface area contributed by atoms with E-state index >= 15 is 0 Å². The average molecular weight is 536 g/mol. The van der Waals surface area contributed by atoms with Gasteiger partial charge in [-0.1, -0.05) is 60.7 Å². The van der Waals surface area contributed by atoms with Crippen LogP contribution in [0.3, 0.4) is 0 Å². The van der Waals surface area contributed by atoms with Crippen LogP contribution in [0.5, 0.6) is 0 Å². The number of benzene rings is 3. The van der Waals surface area contributed by atoms with E-state index in [2.05, 4.69) is 4.98 Å². The maximum Gasteiger partial charge on any atom is 0.339 e. The number of amides is 2. The van der Waals surface area contributed by atoms with Crippen LogP contribution in [0.4, 0.5) is 11.4 Å². The molecule has 2 amide bonds. The summed E-state index contributed by atoms with van der Waals surface area (Å²) < 4.78 is 10.6. The van der Waals surface area contributed by atoms with Crippen LogP contribution in [0.2, 0.25) is 0 Å². The summed E-state index contributed by atoms with van der Waals surface area (Å²) >= 11 is 0. The number of carbonyl (C=O) groups excluding carboxylic acids is 4. The van der Waals surface area contributed by atoms with Gasteiger partial charge in [-0.15, -0.1) is 0 Å². The zero-order chi connectivity index (χ0) is 28.0. The van der Waals surface area contributed by atoms with Gasteiger partial charge < -0.3 is 14.4 Å². The molecule has 0 N–H and O–H groups in total. The van der Waals surface area contributed by atoms with Crippen molar-refractivity contribution in [2.45, 2.75) is 11.6 Å². The summed E-state index contributed by atoms with van der Waals surface area (Å²) in [5.74, 6) is -5.44. The molecule has 4 unspecified atom stereocenters. The molecule has 0 aliphatic carbocycles. The first-order valence-electron chi connectivity index (χ1n) is 12.7. The predicted molar refractivity (Wildman–Crippen MR) is 146 cm³/mol. The second kappa shape index (κ2) is 9.60. The molecule has 1 aromatic heterocycles. The molecule has 6 rings (SSSR count). The van der Waals surface area contributed by atoms with E-state index in [0.29, 0.717) is 16.8 Å². The molecule has 2 aliphatic rings. The Labute approximate surface area is 229 Å². The van der Waals surface area contributed by atoms with Crippen molar-refractivity contribution in [1.29, 1.82) is 0 Å². The second-order valence-electron chi connectivity index (χ2n) is 9.66. The van der Waals surface area contributed by atoms with E-state index in [0.717, 1.165) is 10.3 Å². The first-order chi connectivity index (χ1) is 19.5. The summed E-state index contributed by atoms with van der Waals surface area (Å²) in [6, 6.07) is 24.9. The van der Waals surface area contributed by atoms with E-state index < -0.39 is 47.2 Å². The lowest BCUT2D eigenvalue weighted by Gasteiger charge is -2.42. The molecule has 0 radical (unpaired) electrons. The quantitative estimate of drug-likeness (QED) is 0.283. The standard InChI is InChI=1S/C31H25N3O6/c1-39-29(37)25-23-24(28(36)33(27(23)35)20-12-5-3-6-13-20)31(30(38)40-2,34(25)21-14-7-4-8-15-21)26-22-16-10-9-11-19(22)17-18-32-26/h3-18,23-25H,1-2H3. The van der Waals surface area contributed by atoms with Gasteiger partial charge in [0.2, 0.25) is 11.8 Å². The van der Waals surface area contributed by atoms with Gasteiger partial charge in [-0.3, -0.25) is 14.6 Å². The van der Waals surface area contributed by atoms with Gasteiger partial charge in [0.25, 0.3) is 0 Å². The highest BCUT2D eigenvalue weighted by molar-refractivity contribution is 6.26. The van der Waals surface area contributed by atoms with Crippen molar-refractivity contribution in [1.82, 2.24) is 4.98 Å². The number of para-hydroxylation sites is 2. The third-order valence-electron chi connectivity index (χ3n) is 7.82. The molecule has 9 heteroatoms. The molecule has 0 saturated carbocycles. The predicted octanol–water partition coefficient (Wildman–Crippen LogP) is 3.47. The number of hydrogen-bond donors (Lipinski definition) is 0. The highest BCUT2D eigenvalue weighted by Gasteiger charge is 2.76. The molecule has 0 bridgehead atoms. The molecule has 2 saturated heterocycles. The molecule has 3 heterocycles. The fourth-order valence-electron chi connectivity index (χ4n) is 6.30. The van der Waals surface area contributed by atoms with Gasteiger partial charge in [0.15, 0.2) is 5.54 Å². The van der Waals surface area contributed by atoms with Crippen LogP contribution in [0.15, 0.2) is 97.2 Å². The zero-order valence-electron chi connectivity index (χ0n) is 21.8. The summed E-state index contributed by atoms with van der Waals surface area (Å²) in [6.45, 7) is 0. The lowest BCUT2D eigenvalue weighted by atomic mass is 9.76. The lowest BCUT2D eigenvalue weighted by Crippen LogP contribution is -2.59. The Kier molecular flexibility index (Phi) is 6.06. The Hall–Kier alpha value is -5.05. The van der Waals surface area contributed by atoms with E-state index in [1.54, 1.807) is 85.1 Å². The molecule has 9 nitrogen and oxygen atoms in total. The largest absolute Gasteiger partial charge is 0.467 e. The minimum atomic E-state index is -1.99. The summed E-state index contributed by atoms with van der Waals surface area (Å²) in [4.78, 5) is 63.8. The number of aromatic nitrogens is 1. The molecular formula is C31H25N3O6. The first-order valence-corrected chi connectivity index (χ1v) is 12.7. The van der Waals surface area contributed by atoms with E-state index in [-0.39, 0.29) is 5.69 Å². The normalized spacial score (nSPS) is 23.8. The van der Waals surface area contributed by atoms with Gasteiger partial charge in [-0.05, 0) is 35.7 Å². The third kappa shape index (κ3) is 3.37. The number of methoxy groups -OCH3 is 2. The van der Waals surface area contributed by atoms with Crippen LogP contribution in [0, 0.1) is 11.8 Å². The number of imide groups is 1. The Morgan fingerprint density at radius 2 is 1.40 bits per heavy atom. The average Bonchev–Trinajstić information content (AvgIpc) is 3.46. The van der Waals surface area contributed by atoms with Crippen molar-refractivity contribution in [3.63, 3.8) is 0 Å². The van der Waals surface area contributed by atoms with Crippen LogP contribution < -0.4 is 9.80 Å². The number of pyridine rings is 1. The van der Waals surface area contributed by atoms with Gasteiger partial charge in [0.1, 0.15) is 6.04 Å². The Morgan fingerprint density at radius 1 is 0.775 bits per heavy atom. The maximum atomic E-state index is 14.5. The highest BCUT2D eigenvalue weighted by Crippen LogP contribution is 2.57. The van der Waals surface area contributed by atoms with Gasteiger partial charge in [-0.2, -0.15) is 0 Å². The highest BCUT2D eigenvalue weighted by atomic mass is 16.5. The molecule has 0 spiro atoms. The van der Waals surface area contributed by atoms with Crippen molar-refractivity contribution in [2.24, 2.45) is 11.8 Å². The second-order valence-corrected chi connectivity index (χ2v) is 9.66. The van der Waals surface area contributed by atoms with Crippen LogP contribution in [-0.2, 0) is 34.2 Å². The van der Waals surface area contributed by atoms with E-state index in [4.69, 9.17) is 9.47 Å². The topological polar surface area (TPSA) is 106 Å². The fraction of sp³-hybridized carbons (Fsp3) is 0.194. The molecule has 3 aromatic carbocycles. The Morgan fingerprint density at radius 3 is 2.05 bits per heavy atom. The van der Waals surface area contributed by atoms with Gasteiger partial charge in [0.05, 0.1) is 37.4 Å². The summed E-state index contributed by atoms with van der Waals surface area (Å²) in [7, 11) is 2.43. The SMILES string of the molecule is COC(=O)C1C2C(=O)N(c3ccccc3)C(=O)C2C(C(=O)OC)(c2nccc3ccccc23)N1c1ccccc1. The molecule has 200 valence electrons. The van der Waals surface area contributed by atoms with Crippen LogP contribution >= 0.6 is 0 Å². The van der Waals surface area contributed by atoms with Gasteiger partial charge in [-0.25, -0.2) is 14.5 Å². The van der Waals surface area contributed by atoms with E-state index in [1.807, 2.05) is 12.1 Å². The number of anilines is 2. The number of fused-ring (bicyclic) bond motifs is 2. The van der Waals surface area contributed by atoms with Crippen LogP contribution in [0.25, 0.3) is 10.8 Å². The minimum absolute atomic E-state index is 0.207. The summed E-state index contributed by atoms with van der Waals surface area (Å²) in [6.07, 6.45) is 1.54. The molecule has 2 fully saturated rings. The Bertz CT molecular complexity index is 1640. The number of esters is 2. The number of ether oxygens (including phenoxy) is 2. The van der Waals surface area contributed by atoms with Crippen molar-refractivity contribution in [3.8, 4) is 0 Å².